The molecule has 104 valence electrons. The van der Waals surface area contributed by atoms with Gasteiger partial charge in [0.1, 0.15) is 0 Å². The number of amides is 1. The van der Waals surface area contributed by atoms with Gasteiger partial charge in [-0.05, 0) is 37.1 Å². The van der Waals surface area contributed by atoms with E-state index in [0.717, 1.165) is 11.1 Å². The van der Waals surface area contributed by atoms with Gasteiger partial charge in [-0.1, -0.05) is 42.0 Å². The number of carbonyl (C=O) groups excluding carboxylic acids is 1. The van der Waals surface area contributed by atoms with Crippen LogP contribution in [0.1, 0.15) is 40.0 Å². The molecule has 2 aromatic rings. The van der Waals surface area contributed by atoms with E-state index in [9.17, 15) is 4.79 Å². The SMILES string of the molecule is Cc1cccc([C@@H](C)NC(=O)c2ccc(CCl)cc2)c1. The molecule has 0 bridgehead atoms. The van der Waals surface area contributed by atoms with E-state index in [4.69, 9.17) is 11.6 Å². The highest BCUT2D eigenvalue weighted by Gasteiger charge is 2.11. The van der Waals surface area contributed by atoms with Crippen LogP contribution in [0.4, 0.5) is 0 Å². The van der Waals surface area contributed by atoms with Gasteiger partial charge in [-0.15, -0.1) is 11.6 Å². The van der Waals surface area contributed by atoms with Crippen molar-refractivity contribution >= 4 is 17.5 Å². The molecule has 0 fully saturated rings. The summed E-state index contributed by atoms with van der Waals surface area (Å²) in [6.07, 6.45) is 0. The van der Waals surface area contributed by atoms with Crippen molar-refractivity contribution < 1.29 is 4.79 Å². The van der Waals surface area contributed by atoms with Crippen LogP contribution in [0, 0.1) is 6.92 Å². The summed E-state index contributed by atoms with van der Waals surface area (Å²) in [7, 11) is 0. The van der Waals surface area contributed by atoms with Crippen molar-refractivity contribution in [3.63, 3.8) is 0 Å². The van der Waals surface area contributed by atoms with Gasteiger partial charge in [-0.3, -0.25) is 4.79 Å². The fourth-order valence-corrected chi connectivity index (χ4v) is 2.23. The summed E-state index contributed by atoms with van der Waals surface area (Å²) in [6.45, 7) is 4.03. The largest absolute Gasteiger partial charge is 0.346 e. The molecule has 0 saturated carbocycles. The third-order valence-electron chi connectivity index (χ3n) is 3.26. The van der Waals surface area contributed by atoms with Crippen LogP contribution >= 0.6 is 11.6 Å². The van der Waals surface area contributed by atoms with Crippen LogP contribution in [0.2, 0.25) is 0 Å². The zero-order valence-corrected chi connectivity index (χ0v) is 12.4. The van der Waals surface area contributed by atoms with E-state index in [0.29, 0.717) is 11.4 Å². The first-order valence-electron chi connectivity index (χ1n) is 6.62. The van der Waals surface area contributed by atoms with E-state index in [-0.39, 0.29) is 11.9 Å². The first-order chi connectivity index (χ1) is 9.60. The minimum absolute atomic E-state index is 0.0184. The Morgan fingerprint density at radius 3 is 2.50 bits per heavy atom. The summed E-state index contributed by atoms with van der Waals surface area (Å²) >= 11 is 5.74. The molecule has 0 aromatic heterocycles. The molecule has 2 rings (SSSR count). The van der Waals surface area contributed by atoms with Crippen LogP contribution in [0.15, 0.2) is 48.5 Å². The zero-order chi connectivity index (χ0) is 14.5. The third-order valence-corrected chi connectivity index (χ3v) is 3.57. The van der Waals surface area contributed by atoms with Gasteiger partial charge in [0, 0.05) is 11.4 Å². The summed E-state index contributed by atoms with van der Waals surface area (Å²) in [6, 6.07) is 15.5. The maximum Gasteiger partial charge on any atom is 0.251 e. The summed E-state index contributed by atoms with van der Waals surface area (Å²) in [5, 5.41) is 3.01. The van der Waals surface area contributed by atoms with Gasteiger partial charge in [0.15, 0.2) is 0 Å². The highest BCUT2D eigenvalue weighted by Crippen LogP contribution is 2.15. The van der Waals surface area contributed by atoms with Crippen LogP contribution in [-0.4, -0.2) is 5.91 Å². The molecule has 0 heterocycles. The van der Waals surface area contributed by atoms with Crippen LogP contribution in [0.5, 0.6) is 0 Å². The fourth-order valence-electron chi connectivity index (χ4n) is 2.05. The number of hydrogen-bond donors (Lipinski definition) is 1. The van der Waals surface area contributed by atoms with E-state index in [1.54, 1.807) is 12.1 Å². The minimum Gasteiger partial charge on any atom is -0.346 e. The molecule has 3 heteroatoms. The average molecular weight is 288 g/mol. The molecular weight excluding hydrogens is 270 g/mol. The van der Waals surface area contributed by atoms with Gasteiger partial charge in [-0.2, -0.15) is 0 Å². The molecule has 20 heavy (non-hydrogen) atoms. The molecule has 0 aliphatic carbocycles. The second kappa shape index (κ2) is 6.58. The molecular formula is C17H18ClNO. The second-order valence-corrected chi connectivity index (χ2v) is 5.21. The van der Waals surface area contributed by atoms with Crippen molar-refractivity contribution in [1.29, 1.82) is 0 Å². The van der Waals surface area contributed by atoms with Crippen LogP contribution in [-0.2, 0) is 5.88 Å². The molecule has 1 atom stereocenters. The second-order valence-electron chi connectivity index (χ2n) is 4.94. The van der Waals surface area contributed by atoms with E-state index in [1.807, 2.05) is 44.2 Å². The zero-order valence-electron chi connectivity index (χ0n) is 11.7. The lowest BCUT2D eigenvalue weighted by Crippen LogP contribution is -2.26. The van der Waals surface area contributed by atoms with E-state index in [1.165, 1.54) is 5.56 Å². The van der Waals surface area contributed by atoms with E-state index < -0.39 is 0 Å². The maximum atomic E-state index is 12.2. The number of aryl methyl sites for hydroxylation is 1. The Bertz CT molecular complexity index is 592. The van der Waals surface area contributed by atoms with Gasteiger partial charge >= 0.3 is 0 Å². The smallest absolute Gasteiger partial charge is 0.251 e. The van der Waals surface area contributed by atoms with Gasteiger partial charge in [0.05, 0.1) is 6.04 Å². The molecule has 0 saturated heterocycles. The predicted molar refractivity (Wildman–Crippen MR) is 83.1 cm³/mol. The summed E-state index contributed by atoms with van der Waals surface area (Å²) < 4.78 is 0. The topological polar surface area (TPSA) is 29.1 Å². The number of rotatable bonds is 4. The van der Waals surface area contributed by atoms with E-state index in [2.05, 4.69) is 11.4 Å². The normalized spacial score (nSPS) is 11.9. The lowest BCUT2D eigenvalue weighted by molar-refractivity contribution is 0.0940. The van der Waals surface area contributed by atoms with Crippen molar-refractivity contribution in [3.8, 4) is 0 Å². The van der Waals surface area contributed by atoms with Gasteiger partial charge in [0.25, 0.3) is 5.91 Å². The molecule has 0 unspecified atom stereocenters. The van der Waals surface area contributed by atoms with Crippen molar-refractivity contribution in [2.45, 2.75) is 25.8 Å². The molecule has 1 amide bonds. The average Bonchev–Trinajstić information content (AvgIpc) is 2.47. The highest BCUT2D eigenvalue weighted by atomic mass is 35.5. The summed E-state index contributed by atoms with van der Waals surface area (Å²) in [4.78, 5) is 12.2. The molecule has 2 aromatic carbocycles. The van der Waals surface area contributed by atoms with Gasteiger partial charge in [0.2, 0.25) is 0 Å². The first-order valence-corrected chi connectivity index (χ1v) is 7.16. The van der Waals surface area contributed by atoms with Gasteiger partial charge < -0.3 is 5.32 Å². The third kappa shape index (κ3) is 3.61. The highest BCUT2D eigenvalue weighted by molar-refractivity contribution is 6.17. The molecule has 0 aliphatic rings. The van der Waals surface area contributed by atoms with Crippen molar-refractivity contribution in [3.05, 3.63) is 70.8 Å². The Hall–Kier alpha value is -1.80. The van der Waals surface area contributed by atoms with E-state index >= 15 is 0 Å². The lowest BCUT2D eigenvalue weighted by atomic mass is 10.1. The Balaban J connectivity index is 2.06. The minimum atomic E-state index is -0.0693. The standard InChI is InChI=1S/C17H18ClNO/c1-12-4-3-5-16(10-12)13(2)19-17(20)15-8-6-14(11-18)7-9-15/h3-10,13H,11H2,1-2H3,(H,19,20)/t13-/m1/s1. The number of halogens is 1. The number of benzene rings is 2. The molecule has 0 aliphatic heterocycles. The Kier molecular flexibility index (Phi) is 4.80. The van der Waals surface area contributed by atoms with Crippen molar-refractivity contribution in [2.24, 2.45) is 0 Å². The first kappa shape index (κ1) is 14.6. The van der Waals surface area contributed by atoms with Gasteiger partial charge in [-0.25, -0.2) is 0 Å². The van der Waals surface area contributed by atoms with Crippen molar-refractivity contribution in [2.75, 3.05) is 0 Å². The van der Waals surface area contributed by atoms with Crippen LogP contribution in [0.3, 0.4) is 0 Å². The summed E-state index contributed by atoms with van der Waals surface area (Å²) in [5.74, 6) is 0.391. The Labute approximate surface area is 124 Å². The predicted octanol–water partition coefficient (Wildman–Crippen LogP) is 4.22. The monoisotopic (exact) mass is 287 g/mol. The van der Waals surface area contributed by atoms with Crippen LogP contribution < -0.4 is 5.32 Å². The van der Waals surface area contributed by atoms with Crippen LogP contribution in [0.25, 0.3) is 0 Å². The number of carbonyl (C=O) groups is 1. The maximum absolute atomic E-state index is 12.2. The van der Waals surface area contributed by atoms with Crippen molar-refractivity contribution in [1.82, 2.24) is 5.32 Å². The fraction of sp³-hybridized carbons (Fsp3) is 0.235. The number of alkyl halides is 1. The molecule has 0 radical (unpaired) electrons. The Morgan fingerprint density at radius 2 is 1.90 bits per heavy atom. The molecule has 2 nitrogen and oxygen atoms in total. The Morgan fingerprint density at radius 1 is 1.20 bits per heavy atom. The number of hydrogen-bond acceptors (Lipinski definition) is 1. The summed E-state index contributed by atoms with van der Waals surface area (Å²) in [5.41, 5.74) is 3.96. The molecule has 0 spiro atoms. The lowest BCUT2D eigenvalue weighted by Gasteiger charge is -2.15. The molecule has 1 N–H and O–H groups in total. The quantitative estimate of drug-likeness (QED) is 0.838. The number of nitrogens with one attached hydrogen (secondary N) is 1.